The van der Waals surface area contributed by atoms with Crippen molar-refractivity contribution in [3.05, 3.63) is 40.7 Å². The summed E-state index contributed by atoms with van der Waals surface area (Å²) in [6, 6.07) is 7.97. The van der Waals surface area contributed by atoms with Crippen molar-refractivity contribution in [2.75, 3.05) is 17.7 Å². The summed E-state index contributed by atoms with van der Waals surface area (Å²) in [4.78, 5) is 29.1. The van der Waals surface area contributed by atoms with Gasteiger partial charge < -0.3 is 20.1 Å². The highest BCUT2D eigenvalue weighted by Gasteiger charge is 2.06. The molecule has 1 heterocycles. The van der Waals surface area contributed by atoms with Gasteiger partial charge in [0, 0.05) is 5.69 Å². The molecule has 0 aliphatic heterocycles. The molecular formula is C14H15N3O4S. The van der Waals surface area contributed by atoms with Gasteiger partial charge in [-0.05, 0) is 31.2 Å². The van der Waals surface area contributed by atoms with E-state index in [1.165, 1.54) is 0 Å². The number of benzene rings is 1. The summed E-state index contributed by atoms with van der Waals surface area (Å²) in [5.74, 6) is 0.161. The predicted molar refractivity (Wildman–Crippen MR) is 83.5 cm³/mol. The number of H-pyrrole nitrogens is 1. The Labute approximate surface area is 130 Å². The lowest BCUT2D eigenvalue weighted by atomic mass is 10.3. The number of amides is 1. The van der Waals surface area contributed by atoms with Crippen molar-refractivity contribution < 1.29 is 14.6 Å². The number of aromatic hydroxyl groups is 1. The number of nitrogens with zero attached hydrogens (tertiary/aromatic N) is 1. The summed E-state index contributed by atoms with van der Waals surface area (Å²) in [6.07, 6.45) is 0. The Morgan fingerprint density at radius 1 is 1.41 bits per heavy atom. The van der Waals surface area contributed by atoms with Gasteiger partial charge in [0.25, 0.3) is 5.56 Å². The second-order valence-corrected chi connectivity index (χ2v) is 5.17. The Hall–Kier alpha value is -2.48. The van der Waals surface area contributed by atoms with E-state index in [1.807, 2.05) is 6.92 Å². The van der Waals surface area contributed by atoms with Crippen molar-refractivity contribution in [1.29, 1.82) is 0 Å². The molecule has 0 saturated carbocycles. The first kappa shape index (κ1) is 15.9. The molecule has 1 amide bonds. The molecule has 7 nitrogen and oxygen atoms in total. The number of nitrogens with one attached hydrogen (secondary N) is 2. The van der Waals surface area contributed by atoms with Crippen molar-refractivity contribution in [3.8, 4) is 11.6 Å². The van der Waals surface area contributed by atoms with E-state index in [0.717, 1.165) is 23.6 Å². The number of anilines is 1. The molecule has 0 unspecified atom stereocenters. The number of thioether (sulfide) groups is 1. The molecule has 0 aliphatic carbocycles. The Morgan fingerprint density at radius 3 is 2.77 bits per heavy atom. The van der Waals surface area contributed by atoms with Gasteiger partial charge >= 0.3 is 0 Å². The summed E-state index contributed by atoms with van der Waals surface area (Å²) in [5, 5.41) is 12.1. The molecule has 0 radical (unpaired) electrons. The van der Waals surface area contributed by atoms with Crippen LogP contribution in [0.3, 0.4) is 0 Å². The number of rotatable bonds is 6. The summed E-state index contributed by atoms with van der Waals surface area (Å²) < 4.78 is 5.31. The molecule has 2 aromatic rings. The second-order valence-electron chi connectivity index (χ2n) is 4.20. The molecule has 0 atom stereocenters. The van der Waals surface area contributed by atoms with Crippen molar-refractivity contribution >= 4 is 23.4 Å². The van der Waals surface area contributed by atoms with Gasteiger partial charge in [-0.1, -0.05) is 11.8 Å². The molecule has 0 spiro atoms. The minimum Gasteiger partial charge on any atom is -0.494 e. The van der Waals surface area contributed by atoms with Crippen molar-refractivity contribution in [1.82, 2.24) is 9.97 Å². The number of hydrogen-bond donors (Lipinski definition) is 3. The molecule has 1 aromatic heterocycles. The molecule has 0 fully saturated rings. The average Bonchev–Trinajstić information content (AvgIpc) is 2.47. The van der Waals surface area contributed by atoms with Gasteiger partial charge in [-0.25, -0.2) is 0 Å². The first-order valence-corrected chi connectivity index (χ1v) is 7.51. The lowest BCUT2D eigenvalue weighted by molar-refractivity contribution is -0.113. The van der Waals surface area contributed by atoms with Crippen LogP contribution in [-0.4, -0.2) is 33.3 Å². The largest absolute Gasteiger partial charge is 0.494 e. The minimum atomic E-state index is -0.470. The van der Waals surface area contributed by atoms with Crippen LogP contribution in [-0.2, 0) is 4.79 Å². The number of carbonyl (C=O) groups is 1. The normalized spacial score (nSPS) is 10.2. The van der Waals surface area contributed by atoms with Gasteiger partial charge in [0.05, 0.1) is 18.4 Å². The quantitative estimate of drug-likeness (QED) is 0.551. The fraction of sp³-hybridized carbons (Fsp3) is 0.214. The lowest BCUT2D eigenvalue weighted by Crippen LogP contribution is -2.15. The molecule has 3 N–H and O–H groups in total. The third kappa shape index (κ3) is 4.81. The van der Waals surface area contributed by atoms with Crippen LogP contribution in [0.15, 0.2) is 40.3 Å². The Morgan fingerprint density at radius 2 is 2.14 bits per heavy atom. The SMILES string of the molecule is CCOc1ccc(NC(=O)CSc2nc(O)cc(=O)[nH]2)cc1. The molecule has 116 valence electrons. The van der Waals surface area contributed by atoms with Crippen LogP contribution in [0.5, 0.6) is 11.6 Å². The van der Waals surface area contributed by atoms with E-state index < -0.39 is 5.56 Å². The molecule has 0 saturated heterocycles. The number of hydrogen-bond acceptors (Lipinski definition) is 6. The highest BCUT2D eigenvalue weighted by molar-refractivity contribution is 7.99. The summed E-state index contributed by atoms with van der Waals surface area (Å²) in [5.41, 5.74) is 0.174. The predicted octanol–water partition coefficient (Wildman–Crippen LogP) is 1.60. The number of ether oxygens (including phenoxy) is 1. The van der Waals surface area contributed by atoms with Crippen molar-refractivity contribution in [3.63, 3.8) is 0 Å². The third-order valence-corrected chi connectivity index (χ3v) is 3.37. The van der Waals surface area contributed by atoms with Gasteiger partial charge in [0.15, 0.2) is 5.16 Å². The van der Waals surface area contributed by atoms with Crippen LogP contribution in [0.25, 0.3) is 0 Å². The highest BCUT2D eigenvalue weighted by Crippen LogP contribution is 2.17. The van der Waals surface area contributed by atoms with Crippen LogP contribution in [0.1, 0.15) is 6.92 Å². The fourth-order valence-corrected chi connectivity index (χ4v) is 2.29. The zero-order valence-electron chi connectivity index (χ0n) is 11.8. The van der Waals surface area contributed by atoms with Crippen LogP contribution in [0.2, 0.25) is 0 Å². The molecule has 0 bridgehead atoms. The topological polar surface area (TPSA) is 104 Å². The summed E-state index contributed by atoms with van der Waals surface area (Å²) in [6.45, 7) is 2.48. The van der Waals surface area contributed by atoms with Crippen LogP contribution in [0.4, 0.5) is 5.69 Å². The monoisotopic (exact) mass is 321 g/mol. The maximum atomic E-state index is 11.8. The zero-order valence-corrected chi connectivity index (χ0v) is 12.6. The maximum absolute atomic E-state index is 11.8. The maximum Gasteiger partial charge on any atom is 0.255 e. The van der Waals surface area contributed by atoms with Crippen LogP contribution < -0.4 is 15.6 Å². The first-order valence-electron chi connectivity index (χ1n) is 6.52. The molecule has 8 heteroatoms. The standard InChI is InChI=1S/C14H15N3O4S/c1-2-21-10-5-3-9(4-6-10)15-13(20)8-22-14-16-11(18)7-12(19)17-14/h3-7H,2,8H2,1H3,(H,15,20)(H2,16,17,18,19). The first-order chi connectivity index (χ1) is 10.6. The van der Waals surface area contributed by atoms with Gasteiger partial charge in [0.2, 0.25) is 11.8 Å². The average molecular weight is 321 g/mol. The molecule has 22 heavy (non-hydrogen) atoms. The van der Waals surface area contributed by atoms with Crippen molar-refractivity contribution in [2.45, 2.75) is 12.1 Å². The highest BCUT2D eigenvalue weighted by atomic mass is 32.2. The van der Waals surface area contributed by atoms with E-state index >= 15 is 0 Å². The van der Waals surface area contributed by atoms with Gasteiger partial charge in [0.1, 0.15) is 5.75 Å². The van der Waals surface area contributed by atoms with E-state index in [0.29, 0.717) is 12.3 Å². The Balaban J connectivity index is 1.88. The zero-order chi connectivity index (χ0) is 15.9. The molecule has 1 aromatic carbocycles. The van der Waals surface area contributed by atoms with E-state index in [-0.39, 0.29) is 22.7 Å². The van der Waals surface area contributed by atoms with Crippen LogP contribution in [0, 0.1) is 0 Å². The van der Waals surface area contributed by atoms with E-state index in [4.69, 9.17) is 4.74 Å². The van der Waals surface area contributed by atoms with Crippen LogP contribution >= 0.6 is 11.8 Å². The molecule has 2 rings (SSSR count). The Bertz CT molecular complexity index is 700. The second kappa shape index (κ2) is 7.51. The Kier molecular flexibility index (Phi) is 5.42. The van der Waals surface area contributed by atoms with E-state index in [2.05, 4.69) is 15.3 Å². The van der Waals surface area contributed by atoms with Gasteiger partial charge in [-0.2, -0.15) is 4.98 Å². The number of carbonyl (C=O) groups excluding carboxylic acids is 1. The summed E-state index contributed by atoms with van der Waals surface area (Å²) >= 11 is 1.02. The third-order valence-electron chi connectivity index (χ3n) is 2.50. The summed E-state index contributed by atoms with van der Waals surface area (Å²) in [7, 11) is 0. The molecular weight excluding hydrogens is 306 g/mol. The van der Waals surface area contributed by atoms with E-state index in [9.17, 15) is 14.7 Å². The number of aromatic amines is 1. The smallest absolute Gasteiger partial charge is 0.255 e. The van der Waals surface area contributed by atoms with Crippen molar-refractivity contribution in [2.24, 2.45) is 0 Å². The fourth-order valence-electron chi connectivity index (χ4n) is 1.62. The van der Waals surface area contributed by atoms with Gasteiger partial charge in [-0.15, -0.1) is 0 Å². The lowest BCUT2D eigenvalue weighted by Gasteiger charge is -2.07. The van der Waals surface area contributed by atoms with E-state index in [1.54, 1.807) is 24.3 Å². The van der Waals surface area contributed by atoms with Gasteiger partial charge in [-0.3, -0.25) is 9.59 Å². The molecule has 0 aliphatic rings. The minimum absolute atomic E-state index is 0.0552. The number of aromatic nitrogens is 2.